The van der Waals surface area contributed by atoms with Gasteiger partial charge in [-0.2, -0.15) is 0 Å². The lowest BCUT2D eigenvalue weighted by atomic mass is 10.2. The molecule has 0 bridgehead atoms. The fraction of sp³-hybridized carbons (Fsp3) is 0.800. The molecule has 15 heavy (non-hydrogen) atoms. The Morgan fingerprint density at radius 3 is 2.60 bits per heavy atom. The third-order valence-electron chi connectivity index (χ3n) is 2.01. The molecular weight excluding hydrogens is 200 g/mol. The van der Waals surface area contributed by atoms with Crippen molar-refractivity contribution in [3.05, 3.63) is 0 Å². The Hall–Kier alpha value is -0.940. The van der Waals surface area contributed by atoms with Crippen LogP contribution >= 0.6 is 0 Å². The molecular formula is C10H16O5. The lowest BCUT2D eigenvalue weighted by molar-refractivity contribution is -0.182. The zero-order chi connectivity index (χ0) is 11.1. The summed E-state index contributed by atoms with van der Waals surface area (Å²) in [7, 11) is 0. The van der Waals surface area contributed by atoms with Crippen LogP contribution in [0.5, 0.6) is 0 Å². The van der Waals surface area contributed by atoms with Crippen LogP contribution in [0.2, 0.25) is 0 Å². The van der Waals surface area contributed by atoms with Crippen LogP contribution in [0.3, 0.4) is 0 Å². The van der Waals surface area contributed by atoms with E-state index in [-0.39, 0.29) is 19.3 Å². The Bertz CT molecular complexity index is 220. The van der Waals surface area contributed by atoms with E-state index in [0.717, 1.165) is 6.42 Å². The van der Waals surface area contributed by atoms with E-state index >= 15 is 0 Å². The smallest absolute Gasteiger partial charge is 0.374 e. The topological polar surface area (TPSA) is 61.8 Å². The fourth-order valence-corrected chi connectivity index (χ4v) is 1.27. The van der Waals surface area contributed by atoms with E-state index in [1.807, 2.05) is 0 Å². The van der Waals surface area contributed by atoms with Crippen LogP contribution in [-0.4, -0.2) is 37.9 Å². The van der Waals surface area contributed by atoms with Crippen molar-refractivity contribution >= 4 is 11.8 Å². The van der Waals surface area contributed by atoms with Gasteiger partial charge in [0.2, 0.25) is 5.78 Å². The molecule has 0 aliphatic carbocycles. The average molecular weight is 216 g/mol. The molecule has 1 aliphatic heterocycles. The normalized spacial score (nSPS) is 17.4. The van der Waals surface area contributed by atoms with Gasteiger partial charge in [0.25, 0.3) is 0 Å². The fourth-order valence-electron chi connectivity index (χ4n) is 1.27. The molecule has 0 aromatic rings. The number of carbonyl (C=O) groups excluding carboxylic acids is 2. The van der Waals surface area contributed by atoms with E-state index in [9.17, 15) is 9.59 Å². The van der Waals surface area contributed by atoms with Crippen LogP contribution in [0, 0.1) is 0 Å². The van der Waals surface area contributed by atoms with Crippen molar-refractivity contribution in [2.75, 3.05) is 19.8 Å². The Labute approximate surface area is 88.7 Å². The number of esters is 1. The van der Waals surface area contributed by atoms with E-state index in [1.54, 1.807) is 6.92 Å². The van der Waals surface area contributed by atoms with Crippen LogP contribution in [0.1, 0.15) is 26.2 Å². The van der Waals surface area contributed by atoms with Gasteiger partial charge in [-0.3, -0.25) is 4.79 Å². The van der Waals surface area contributed by atoms with Gasteiger partial charge in [-0.1, -0.05) is 0 Å². The number of ether oxygens (including phenoxy) is 3. The largest absolute Gasteiger partial charge is 0.460 e. The van der Waals surface area contributed by atoms with E-state index in [4.69, 9.17) is 9.47 Å². The second-order valence-electron chi connectivity index (χ2n) is 3.21. The molecule has 0 radical (unpaired) electrons. The van der Waals surface area contributed by atoms with Crippen molar-refractivity contribution < 1.29 is 23.8 Å². The van der Waals surface area contributed by atoms with Crippen molar-refractivity contribution in [1.82, 2.24) is 0 Å². The summed E-state index contributed by atoms with van der Waals surface area (Å²) in [5.74, 6) is -1.29. The number of carbonyl (C=O) groups is 2. The lowest BCUT2D eigenvalue weighted by Crippen LogP contribution is -2.27. The van der Waals surface area contributed by atoms with Crippen LogP contribution < -0.4 is 0 Å². The maximum atomic E-state index is 11.2. The number of hydrogen-bond donors (Lipinski definition) is 0. The Kier molecular flexibility index (Phi) is 5.28. The summed E-state index contributed by atoms with van der Waals surface area (Å²) >= 11 is 0. The van der Waals surface area contributed by atoms with Gasteiger partial charge < -0.3 is 14.2 Å². The second-order valence-corrected chi connectivity index (χ2v) is 3.21. The number of hydrogen-bond acceptors (Lipinski definition) is 5. The van der Waals surface area contributed by atoms with Gasteiger partial charge in [0, 0.05) is 12.8 Å². The number of rotatable bonds is 5. The second kappa shape index (κ2) is 6.53. The minimum absolute atomic E-state index is 0.115. The van der Waals surface area contributed by atoms with E-state index in [0.29, 0.717) is 19.6 Å². The third-order valence-corrected chi connectivity index (χ3v) is 2.01. The van der Waals surface area contributed by atoms with Crippen LogP contribution in [0.4, 0.5) is 0 Å². The molecule has 1 saturated heterocycles. The first-order valence-electron chi connectivity index (χ1n) is 5.17. The van der Waals surface area contributed by atoms with E-state index in [1.165, 1.54) is 0 Å². The van der Waals surface area contributed by atoms with Gasteiger partial charge >= 0.3 is 5.97 Å². The Morgan fingerprint density at radius 2 is 2.00 bits per heavy atom. The Balaban J connectivity index is 2.17. The predicted octanol–water partition coefficient (Wildman–Crippen LogP) is 0.662. The highest BCUT2D eigenvalue weighted by atomic mass is 16.7. The zero-order valence-electron chi connectivity index (χ0n) is 8.86. The first kappa shape index (κ1) is 12.1. The van der Waals surface area contributed by atoms with Gasteiger partial charge in [-0.15, -0.1) is 0 Å². The molecule has 0 N–H and O–H groups in total. The molecule has 0 atom stereocenters. The molecule has 0 saturated carbocycles. The summed E-state index contributed by atoms with van der Waals surface area (Å²) in [5, 5.41) is 0. The van der Waals surface area contributed by atoms with Crippen LogP contribution in [0.25, 0.3) is 0 Å². The highest BCUT2D eigenvalue weighted by Crippen LogP contribution is 2.10. The van der Waals surface area contributed by atoms with Crippen molar-refractivity contribution in [1.29, 1.82) is 0 Å². The Morgan fingerprint density at radius 1 is 1.33 bits per heavy atom. The standard InChI is InChI=1S/C10H16O5/c1-2-13-10(12)8(11)4-5-9-14-6-3-7-15-9/h9H,2-7H2,1H3. The van der Waals surface area contributed by atoms with Gasteiger partial charge in [-0.25, -0.2) is 4.79 Å². The van der Waals surface area contributed by atoms with Gasteiger partial charge in [0.05, 0.1) is 19.8 Å². The van der Waals surface area contributed by atoms with E-state index < -0.39 is 11.8 Å². The summed E-state index contributed by atoms with van der Waals surface area (Å²) in [6.45, 7) is 3.19. The summed E-state index contributed by atoms with van der Waals surface area (Å²) in [4.78, 5) is 22.2. The molecule has 1 rings (SSSR count). The lowest BCUT2D eigenvalue weighted by Gasteiger charge is -2.22. The molecule has 0 spiro atoms. The first-order valence-corrected chi connectivity index (χ1v) is 5.17. The summed E-state index contributed by atoms with van der Waals surface area (Å²) in [6.07, 6.45) is 1.06. The SMILES string of the molecule is CCOC(=O)C(=O)CCC1OCCCO1. The molecule has 0 aromatic carbocycles. The minimum Gasteiger partial charge on any atom is -0.460 e. The predicted molar refractivity (Wildman–Crippen MR) is 51.2 cm³/mol. The summed E-state index contributed by atoms with van der Waals surface area (Å²) in [5.41, 5.74) is 0. The first-order chi connectivity index (χ1) is 7.24. The quantitative estimate of drug-likeness (QED) is 0.499. The molecule has 5 heteroatoms. The molecule has 0 unspecified atom stereocenters. The zero-order valence-corrected chi connectivity index (χ0v) is 8.86. The third kappa shape index (κ3) is 4.40. The minimum atomic E-state index is -0.770. The highest BCUT2D eigenvalue weighted by molar-refractivity contribution is 6.33. The summed E-state index contributed by atoms with van der Waals surface area (Å²) < 4.78 is 15.1. The molecule has 5 nitrogen and oxygen atoms in total. The van der Waals surface area contributed by atoms with Crippen molar-refractivity contribution in [3.8, 4) is 0 Å². The molecule has 0 amide bonds. The number of ketones is 1. The van der Waals surface area contributed by atoms with Crippen molar-refractivity contribution in [2.45, 2.75) is 32.5 Å². The monoisotopic (exact) mass is 216 g/mol. The van der Waals surface area contributed by atoms with Gasteiger partial charge in [-0.05, 0) is 13.3 Å². The van der Waals surface area contributed by atoms with Crippen molar-refractivity contribution in [2.24, 2.45) is 0 Å². The maximum Gasteiger partial charge on any atom is 0.374 e. The highest BCUT2D eigenvalue weighted by Gasteiger charge is 2.19. The number of Topliss-reactive ketones (excluding diaryl/α,β-unsaturated/α-hetero) is 1. The molecule has 1 heterocycles. The molecule has 0 aromatic heterocycles. The summed E-state index contributed by atoms with van der Waals surface area (Å²) in [6, 6.07) is 0. The maximum absolute atomic E-state index is 11.2. The van der Waals surface area contributed by atoms with Crippen LogP contribution in [0.15, 0.2) is 0 Å². The van der Waals surface area contributed by atoms with Gasteiger partial charge in [0.1, 0.15) is 0 Å². The van der Waals surface area contributed by atoms with E-state index in [2.05, 4.69) is 4.74 Å². The average Bonchev–Trinajstić information content (AvgIpc) is 2.27. The molecule has 1 fully saturated rings. The van der Waals surface area contributed by atoms with Crippen LogP contribution in [-0.2, 0) is 23.8 Å². The van der Waals surface area contributed by atoms with Crippen molar-refractivity contribution in [3.63, 3.8) is 0 Å². The van der Waals surface area contributed by atoms with Gasteiger partial charge in [0.15, 0.2) is 6.29 Å². The molecule has 1 aliphatic rings. The molecule has 86 valence electrons.